The zero-order valence-electron chi connectivity index (χ0n) is 3.36. The van der Waals surface area contributed by atoms with E-state index in [1.165, 1.54) is 6.20 Å². The van der Waals surface area contributed by atoms with E-state index < -0.39 is 0 Å². The fourth-order valence-corrected chi connectivity index (χ4v) is 0.118. The average Bonchev–Trinajstić information content (AvgIpc) is 1.41. The van der Waals surface area contributed by atoms with E-state index in [-0.39, 0.29) is 0 Å². The first-order valence-corrected chi connectivity index (χ1v) is 1.68. The molecule has 1 N–H and O–H groups in total. The Bertz CT molecular complexity index is 24.8. The molecule has 0 saturated carbocycles. The third-order valence-corrected chi connectivity index (χ3v) is 0.322. The third kappa shape index (κ3) is 3.54. The summed E-state index contributed by atoms with van der Waals surface area (Å²) in [6.45, 7) is 7.81. The van der Waals surface area contributed by atoms with Crippen molar-refractivity contribution in [3.05, 3.63) is 12.8 Å². The molecule has 1 nitrogen and oxygen atoms in total. The van der Waals surface area contributed by atoms with Crippen LogP contribution in [-0.2, 0) is 0 Å². The maximum atomic E-state index is 4.90. The summed E-state index contributed by atoms with van der Waals surface area (Å²) in [5.41, 5.74) is 0. The lowest BCUT2D eigenvalue weighted by atomic mass is 10.7. The molecular formula is C4H8N. The molecule has 0 aromatic rings. The first kappa shape index (κ1) is 4.54. The Morgan fingerprint density at radius 1 is 2.00 bits per heavy atom. The van der Waals surface area contributed by atoms with E-state index >= 15 is 0 Å². The molecule has 0 aromatic heterocycles. The predicted molar refractivity (Wildman–Crippen MR) is 22.5 cm³/mol. The van der Waals surface area contributed by atoms with Crippen molar-refractivity contribution in [2.24, 2.45) is 0 Å². The lowest BCUT2D eigenvalue weighted by Gasteiger charge is -1.82. The molecule has 0 heterocycles. The molecule has 0 amide bonds. The van der Waals surface area contributed by atoms with Gasteiger partial charge in [-0.1, -0.05) is 0 Å². The van der Waals surface area contributed by atoms with Gasteiger partial charge in [0.2, 0.25) is 0 Å². The molecule has 29 valence electrons. The molecule has 0 atom stereocenters. The Labute approximate surface area is 32.7 Å². The lowest BCUT2D eigenvalue weighted by molar-refractivity contribution is 0.921. The highest BCUT2D eigenvalue weighted by Gasteiger charge is 1.54. The Hall–Kier alpha value is -0.460. The van der Waals surface area contributed by atoms with Crippen molar-refractivity contribution in [1.82, 2.24) is 5.32 Å². The van der Waals surface area contributed by atoms with Crippen LogP contribution in [0.4, 0.5) is 0 Å². The van der Waals surface area contributed by atoms with E-state index in [1.54, 1.807) is 0 Å². The molecule has 0 aliphatic carbocycles. The average molecular weight is 70.1 g/mol. The van der Waals surface area contributed by atoms with Gasteiger partial charge in [-0.25, -0.2) is 0 Å². The van der Waals surface area contributed by atoms with Gasteiger partial charge in [-0.05, 0) is 19.7 Å². The number of hydrogen-bond acceptors (Lipinski definition) is 1. The van der Waals surface area contributed by atoms with Gasteiger partial charge in [0.15, 0.2) is 0 Å². The van der Waals surface area contributed by atoms with Crippen LogP contribution in [0, 0.1) is 6.58 Å². The van der Waals surface area contributed by atoms with E-state index in [0.717, 1.165) is 6.54 Å². The fourth-order valence-electron chi connectivity index (χ4n) is 0.118. The third-order valence-electron chi connectivity index (χ3n) is 0.322. The molecule has 0 fully saturated rings. The SMILES string of the molecule is [CH]=CNCC. The second kappa shape index (κ2) is 3.54. The molecule has 0 aromatic carbocycles. The molecule has 0 bridgehead atoms. The highest BCUT2D eigenvalue weighted by Crippen LogP contribution is 1.46. The monoisotopic (exact) mass is 70.1 g/mol. The Morgan fingerprint density at radius 3 is 2.60 bits per heavy atom. The van der Waals surface area contributed by atoms with Crippen LogP contribution in [0.3, 0.4) is 0 Å². The second-order valence-electron chi connectivity index (χ2n) is 0.724. The minimum Gasteiger partial charge on any atom is -0.391 e. The van der Waals surface area contributed by atoms with Crippen LogP contribution in [0.25, 0.3) is 0 Å². The van der Waals surface area contributed by atoms with E-state index in [1.807, 2.05) is 6.92 Å². The summed E-state index contributed by atoms with van der Waals surface area (Å²) in [4.78, 5) is 0. The molecule has 0 unspecified atom stereocenters. The largest absolute Gasteiger partial charge is 0.391 e. The predicted octanol–water partition coefficient (Wildman–Crippen LogP) is 0.543. The van der Waals surface area contributed by atoms with Gasteiger partial charge in [-0.15, -0.1) is 0 Å². The molecule has 5 heavy (non-hydrogen) atoms. The standard InChI is InChI=1S/C4H8N/c1-3-5-4-2/h1,3,5H,4H2,2H3. The molecule has 0 rings (SSSR count). The zero-order chi connectivity index (χ0) is 4.12. The van der Waals surface area contributed by atoms with E-state index in [9.17, 15) is 0 Å². The molecule has 1 radical (unpaired) electrons. The van der Waals surface area contributed by atoms with Gasteiger partial charge in [0, 0.05) is 6.54 Å². The molecular weight excluding hydrogens is 62.1 g/mol. The fraction of sp³-hybridized carbons (Fsp3) is 0.500. The van der Waals surface area contributed by atoms with Crippen molar-refractivity contribution in [3.8, 4) is 0 Å². The smallest absolute Gasteiger partial charge is 0.0113 e. The van der Waals surface area contributed by atoms with Crippen LogP contribution in [0.2, 0.25) is 0 Å². The molecule has 0 aliphatic rings. The van der Waals surface area contributed by atoms with E-state index in [0.29, 0.717) is 0 Å². The van der Waals surface area contributed by atoms with Gasteiger partial charge in [-0.2, -0.15) is 0 Å². The molecule has 0 saturated heterocycles. The summed E-state index contributed by atoms with van der Waals surface area (Å²) in [7, 11) is 0. The van der Waals surface area contributed by atoms with Crippen molar-refractivity contribution in [3.63, 3.8) is 0 Å². The van der Waals surface area contributed by atoms with Crippen LogP contribution in [0.5, 0.6) is 0 Å². The number of nitrogens with one attached hydrogen (secondary N) is 1. The maximum Gasteiger partial charge on any atom is 0.0113 e. The summed E-state index contributed by atoms with van der Waals surface area (Å²) in [6.07, 6.45) is 1.43. The highest BCUT2D eigenvalue weighted by molar-refractivity contribution is 4.53. The molecule has 0 aliphatic heterocycles. The van der Waals surface area contributed by atoms with Crippen LogP contribution < -0.4 is 5.32 Å². The second-order valence-corrected chi connectivity index (χ2v) is 0.724. The van der Waals surface area contributed by atoms with Gasteiger partial charge in [0.05, 0.1) is 0 Å². The molecule has 0 spiro atoms. The lowest BCUT2D eigenvalue weighted by Crippen LogP contribution is -1.99. The van der Waals surface area contributed by atoms with Crippen molar-refractivity contribution in [2.75, 3.05) is 6.54 Å². The van der Waals surface area contributed by atoms with Crippen LogP contribution in [0.1, 0.15) is 6.92 Å². The van der Waals surface area contributed by atoms with Crippen LogP contribution in [0.15, 0.2) is 6.20 Å². The van der Waals surface area contributed by atoms with Gasteiger partial charge in [-0.3, -0.25) is 0 Å². The summed E-state index contributed by atoms with van der Waals surface area (Å²) in [6, 6.07) is 0. The summed E-state index contributed by atoms with van der Waals surface area (Å²) in [5, 5.41) is 2.76. The molecule has 1 heteroatoms. The zero-order valence-corrected chi connectivity index (χ0v) is 3.36. The van der Waals surface area contributed by atoms with Gasteiger partial charge >= 0.3 is 0 Å². The van der Waals surface area contributed by atoms with Crippen molar-refractivity contribution in [2.45, 2.75) is 6.92 Å². The van der Waals surface area contributed by atoms with E-state index in [2.05, 4.69) is 5.32 Å². The summed E-state index contributed by atoms with van der Waals surface area (Å²) in [5.74, 6) is 0. The van der Waals surface area contributed by atoms with Crippen LogP contribution in [-0.4, -0.2) is 6.54 Å². The first-order valence-electron chi connectivity index (χ1n) is 1.68. The summed E-state index contributed by atoms with van der Waals surface area (Å²) >= 11 is 0. The topological polar surface area (TPSA) is 12.0 Å². The van der Waals surface area contributed by atoms with Crippen molar-refractivity contribution < 1.29 is 0 Å². The van der Waals surface area contributed by atoms with Gasteiger partial charge in [0.1, 0.15) is 0 Å². The Morgan fingerprint density at radius 2 is 2.60 bits per heavy atom. The van der Waals surface area contributed by atoms with Crippen LogP contribution >= 0.6 is 0 Å². The van der Waals surface area contributed by atoms with Gasteiger partial charge < -0.3 is 5.32 Å². The van der Waals surface area contributed by atoms with Crippen molar-refractivity contribution in [1.29, 1.82) is 0 Å². The van der Waals surface area contributed by atoms with Gasteiger partial charge in [0.25, 0.3) is 0 Å². The minimum atomic E-state index is 0.913. The normalized spacial score (nSPS) is 6.60. The highest BCUT2D eigenvalue weighted by atomic mass is 14.8. The minimum absolute atomic E-state index is 0.913. The van der Waals surface area contributed by atoms with E-state index in [4.69, 9.17) is 6.58 Å². The Kier molecular flexibility index (Phi) is 3.21. The van der Waals surface area contributed by atoms with Crippen molar-refractivity contribution >= 4 is 0 Å². The number of hydrogen-bond donors (Lipinski definition) is 1. The quantitative estimate of drug-likeness (QED) is 0.500. The summed E-state index contributed by atoms with van der Waals surface area (Å²) < 4.78 is 0. The Balaban J connectivity index is 2.40. The first-order chi connectivity index (χ1) is 2.41. The number of rotatable bonds is 2. The maximum absolute atomic E-state index is 4.90.